The van der Waals surface area contributed by atoms with Gasteiger partial charge < -0.3 is 10.6 Å². The van der Waals surface area contributed by atoms with Crippen LogP contribution >= 0.6 is 11.3 Å². The molecule has 2 N–H and O–H groups in total. The number of rotatable bonds is 3. The van der Waals surface area contributed by atoms with Crippen molar-refractivity contribution in [3.63, 3.8) is 0 Å². The van der Waals surface area contributed by atoms with E-state index < -0.39 is 0 Å². The Bertz CT molecular complexity index is 708. The highest BCUT2D eigenvalue weighted by molar-refractivity contribution is 7.21. The van der Waals surface area contributed by atoms with Gasteiger partial charge in [-0.15, -0.1) is 11.3 Å². The Morgan fingerprint density at radius 2 is 2.30 bits per heavy atom. The van der Waals surface area contributed by atoms with Crippen LogP contribution in [-0.4, -0.2) is 34.2 Å². The van der Waals surface area contributed by atoms with Gasteiger partial charge in [0.15, 0.2) is 0 Å². The molecule has 0 fully saturated rings. The van der Waals surface area contributed by atoms with Crippen LogP contribution in [0.3, 0.4) is 0 Å². The van der Waals surface area contributed by atoms with Crippen molar-refractivity contribution in [2.45, 2.75) is 13.8 Å². The molecule has 0 aliphatic carbocycles. The lowest BCUT2D eigenvalue weighted by Gasteiger charge is -2.17. The van der Waals surface area contributed by atoms with E-state index in [0.29, 0.717) is 17.1 Å². The molecule has 0 radical (unpaired) electrons. The summed E-state index contributed by atoms with van der Waals surface area (Å²) in [7, 11) is 3.52. The molecule has 2 heterocycles. The maximum atomic E-state index is 12.4. The molecule has 0 saturated carbocycles. The highest BCUT2D eigenvalue weighted by atomic mass is 32.1. The molecule has 2 rings (SSSR count). The van der Waals surface area contributed by atoms with E-state index in [1.54, 1.807) is 18.7 Å². The first-order chi connectivity index (χ1) is 9.36. The molecule has 0 spiro atoms. The van der Waals surface area contributed by atoms with E-state index in [4.69, 9.17) is 11.0 Å². The molecule has 0 bridgehead atoms. The Morgan fingerprint density at radius 1 is 1.65 bits per heavy atom. The summed E-state index contributed by atoms with van der Waals surface area (Å²) in [6.07, 6.45) is 0. The van der Waals surface area contributed by atoms with E-state index in [1.165, 1.54) is 16.2 Å². The van der Waals surface area contributed by atoms with Crippen molar-refractivity contribution in [2.24, 2.45) is 13.0 Å². The van der Waals surface area contributed by atoms with Gasteiger partial charge in [-0.2, -0.15) is 10.4 Å². The Kier molecular flexibility index (Phi) is 3.68. The van der Waals surface area contributed by atoms with E-state index in [9.17, 15) is 4.79 Å². The van der Waals surface area contributed by atoms with Crippen LogP contribution in [0.25, 0.3) is 10.2 Å². The van der Waals surface area contributed by atoms with Crippen molar-refractivity contribution >= 4 is 33.1 Å². The van der Waals surface area contributed by atoms with Crippen LogP contribution in [-0.2, 0) is 7.05 Å². The van der Waals surface area contributed by atoms with Crippen LogP contribution in [0.15, 0.2) is 0 Å². The molecule has 1 unspecified atom stereocenters. The minimum atomic E-state index is -0.206. The molecule has 1 atom stereocenters. The summed E-state index contributed by atoms with van der Waals surface area (Å²) in [5.41, 5.74) is 7.41. The summed E-state index contributed by atoms with van der Waals surface area (Å²) in [6.45, 7) is 4.05. The van der Waals surface area contributed by atoms with Gasteiger partial charge in [0.05, 0.1) is 28.8 Å². The Morgan fingerprint density at radius 3 is 2.85 bits per heavy atom. The molecule has 0 aliphatic heterocycles. The predicted octanol–water partition coefficient (Wildman–Crippen LogP) is 1.76. The predicted molar refractivity (Wildman–Crippen MR) is 79.5 cm³/mol. The van der Waals surface area contributed by atoms with Crippen molar-refractivity contribution < 1.29 is 4.79 Å². The number of hydrogen-bond acceptors (Lipinski definition) is 5. The van der Waals surface area contributed by atoms with Crippen LogP contribution < -0.4 is 5.73 Å². The fourth-order valence-electron chi connectivity index (χ4n) is 2.20. The van der Waals surface area contributed by atoms with Crippen molar-refractivity contribution in [2.75, 3.05) is 19.3 Å². The molecule has 6 nitrogen and oxygen atoms in total. The van der Waals surface area contributed by atoms with Crippen LogP contribution in [0.2, 0.25) is 0 Å². The van der Waals surface area contributed by atoms with Gasteiger partial charge in [0.2, 0.25) is 0 Å². The van der Waals surface area contributed by atoms with Crippen molar-refractivity contribution in [3.8, 4) is 6.07 Å². The molecule has 1 amide bonds. The molecular weight excluding hydrogens is 274 g/mol. The van der Waals surface area contributed by atoms with Crippen LogP contribution in [0.5, 0.6) is 0 Å². The summed E-state index contributed by atoms with van der Waals surface area (Å²) in [4.78, 5) is 15.4. The monoisotopic (exact) mass is 291 g/mol. The number of carbonyl (C=O) groups excluding carboxylic acids is 1. The molecule has 106 valence electrons. The maximum absolute atomic E-state index is 12.4. The third-order valence-electron chi connectivity index (χ3n) is 3.19. The molecule has 7 heteroatoms. The molecule has 0 aliphatic rings. The number of aromatic nitrogens is 2. The van der Waals surface area contributed by atoms with Crippen LogP contribution in [0.4, 0.5) is 5.69 Å². The van der Waals surface area contributed by atoms with Gasteiger partial charge in [0.1, 0.15) is 9.71 Å². The van der Waals surface area contributed by atoms with Gasteiger partial charge in [0.25, 0.3) is 5.91 Å². The lowest BCUT2D eigenvalue weighted by atomic mass is 10.2. The standard InChI is InChI=1S/C13H17N5OS/c1-7(5-14)6-17(3)12(19)11-10(15)9-8(2)16-18(4)13(9)20-11/h7H,6,15H2,1-4H3. The van der Waals surface area contributed by atoms with E-state index in [-0.39, 0.29) is 11.8 Å². The number of anilines is 1. The number of thiophene rings is 1. The zero-order chi connectivity index (χ0) is 15.0. The zero-order valence-corrected chi connectivity index (χ0v) is 12.8. The third-order valence-corrected chi connectivity index (χ3v) is 4.45. The van der Waals surface area contributed by atoms with Gasteiger partial charge in [-0.05, 0) is 13.8 Å². The quantitative estimate of drug-likeness (QED) is 0.933. The second-order valence-corrected chi connectivity index (χ2v) is 5.95. The number of amides is 1. The lowest BCUT2D eigenvalue weighted by Crippen LogP contribution is -2.30. The molecule has 2 aromatic heterocycles. The number of aryl methyl sites for hydroxylation is 2. The van der Waals surface area contributed by atoms with E-state index in [1.807, 2.05) is 14.0 Å². The van der Waals surface area contributed by atoms with Gasteiger partial charge in [-0.3, -0.25) is 9.48 Å². The molecular formula is C13H17N5OS. The number of hydrogen-bond donors (Lipinski definition) is 1. The lowest BCUT2D eigenvalue weighted by molar-refractivity contribution is 0.0791. The van der Waals surface area contributed by atoms with Gasteiger partial charge >= 0.3 is 0 Å². The van der Waals surface area contributed by atoms with Crippen LogP contribution in [0.1, 0.15) is 22.3 Å². The molecule has 0 aromatic carbocycles. The van der Waals surface area contributed by atoms with E-state index in [2.05, 4.69) is 11.2 Å². The molecule has 2 aromatic rings. The summed E-state index contributed by atoms with van der Waals surface area (Å²) < 4.78 is 1.74. The Balaban J connectivity index is 2.38. The Hall–Kier alpha value is -2.07. The fourth-order valence-corrected chi connectivity index (χ4v) is 3.38. The van der Waals surface area contributed by atoms with Crippen molar-refractivity contribution in [1.82, 2.24) is 14.7 Å². The minimum absolute atomic E-state index is 0.148. The number of nitrogens with two attached hydrogens (primary N) is 1. The first-order valence-electron chi connectivity index (χ1n) is 6.23. The number of nitrogens with zero attached hydrogens (tertiary/aromatic N) is 4. The second-order valence-electron chi connectivity index (χ2n) is 4.95. The maximum Gasteiger partial charge on any atom is 0.265 e. The normalized spacial score (nSPS) is 12.3. The zero-order valence-electron chi connectivity index (χ0n) is 12.0. The van der Waals surface area contributed by atoms with Gasteiger partial charge in [0, 0.05) is 20.6 Å². The average Bonchev–Trinajstić information content (AvgIpc) is 2.88. The smallest absolute Gasteiger partial charge is 0.265 e. The van der Waals surface area contributed by atoms with Crippen molar-refractivity contribution in [1.29, 1.82) is 5.26 Å². The Labute approximate surface area is 121 Å². The summed E-state index contributed by atoms with van der Waals surface area (Å²) in [5, 5.41) is 14.0. The second kappa shape index (κ2) is 5.13. The van der Waals surface area contributed by atoms with E-state index in [0.717, 1.165) is 15.9 Å². The topological polar surface area (TPSA) is 87.9 Å². The average molecular weight is 291 g/mol. The highest BCUT2D eigenvalue weighted by Crippen LogP contribution is 2.36. The number of nitriles is 1. The van der Waals surface area contributed by atoms with Crippen molar-refractivity contribution in [3.05, 3.63) is 10.6 Å². The number of fused-ring (bicyclic) bond motifs is 1. The largest absolute Gasteiger partial charge is 0.397 e. The highest BCUT2D eigenvalue weighted by Gasteiger charge is 2.23. The fraction of sp³-hybridized carbons (Fsp3) is 0.462. The molecule has 20 heavy (non-hydrogen) atoms. The number of carbonyl (C=O) groups is 1. The first-order valence-corrected chi connectivity index (χ1v) is 7.05. The first kappa shape index (κ1) is 14.3. The molecule has 0 saturated heterocycles. The summed E-state index contributed by atoms with van der Waals surface area (Å²) >= 11 is 1.34. The van der Waals surface area contributed by atoms with Gasteiger partial charge in [-0.25, -0.2) is 0 Å². The van der Waals surface area contributed by atoms with Crippen LogP contribution in [0, 0.1) is 24.2 Å². The summed E-state index contributed by atoms with van der Waals surface area (Å²) in [6, 6.07) is 2.12. The summed E-state index contributed by atoms with van der Waals surface area (Å²) in [5.74, 6) is -0.354. The number of nitrogen functional groups attached to an aromatic ring is 1. The third kappa shape index (κ3) is 2.23. The minimum Gasteiger partial charge on any atom is -0.397 e. The van der Waals surface area contributed by atoms with Gasteiger partial charge in [-0.1, -0.05) is 0 Å². The SMILES string of the molecule is Cc1nn(C)c2sc(C(=O)N(C)CC(C)C#N)c(N)c12. The van der Waals surface area contributed by atoms with E-state index >= 15 is 0 Å².